The molecule has 0 heterocycles. The van der Waals surface area contributed by atoms with E-state index in [0.717, 1.165) is 18.9 Å². The Labute approximate surface area is 141 Å². The van der Waals surface area contributed by atoms with Crippen molar-refractivity contribution in [2.45, 2.75) is 78.9 Å². The van der Waals surface area contributed by atoms with Gasteiger partial charge in [0.25, 0.3) is 0 Å². The Kier molecular flexibility index (Phi) is 8.79. The molecule has 22 heavy (non-hydrogen) atoms. The molecule has 0 spiro atoms. The summed E-state index contributed by atoms with van der Waals surface area (Å²) in [5.74, 6) is -0.106. The topological polar surface area (TPSA) is 44.8 Å². The van der Waals surface area contributed by atoms with Gasteiger partial charge in [0.05, 0.1) is 12.0 Å². The molecule has 0 aromatic carbocycles. The number of ether oxygens (including phenoxy) is 1. The van der Waals surface area contributed by atoms with Crippen molar-refractivity contribution < 1.29 is 17.8 Å². The van der Waals surface area contributed by atoms with E-state index in [1.807, 2.05) is 20.8 Å². The van der Waals surface area contributed by atoms with E-state index in [1.165, 1.54) is 0 Å². The van der Waals surface area contributed by atoms with Crippen molar-refractivity contribution in [3.05, 3.63) is 0 Å². The lowest BCUT2D eigenvalue weighted by atomic mass is 9.91. The van der Waals surface area contributed by atoms with Gasteiger partial charge < -0.3 is 13.0 Å². The van der Waals surface area contributed by atoms with Gasteiger partial charge in [-0.05, 0) is 72.0 Å². The fourth-order valence-corrected chi connectivity index (χ4v) is 10.1. The van der Waals surface area contributed by atoms with Crippen LogP contribution < -0.4 is 0 Å². The summed E-state index contributed by atoms with van der Waals surface area (Å²) in [5.41, 5.74) is -0.388. The van der Waals surface area contributed by atoms with Crippen LogP contribution in [0.25, 0.3) is 0 Å². The second kappa shape index (κ2) is 8.77. The lowest BCUT2D eigenvalue weighted by Gasteiger charge is -2.30. The summed E-state index contributed by atoms with van der Waals surface area (Å²) in [4.78, 5) is 11.9. The molecule has 0 unspecified atom stereocenters. The van der Waals surface area contributed by atoms with Gasteiger partial charge in [-0.25, -0.2) is 0 Å². The highest BCUT2D eigenvalue weighted by atomic mass is 28.4. The Morgan fingerprint density at radius 2 is 1.45 bits per heavy atom. The van der Waals surface area contributed by atoms with E-state index in [2.05, 4.69) is 39.3 Å². The van der Waals surface area contributed by atoms with Crippen LogP contribution in [0, 0.1) is 5.41 Å². The van der Waals surface area contributed by atoms with Crippen LogP contribution in [0.2, 0.25) is 45.3 Å². The van der Waals surface area contributed by atoms with Crippen molar-refractivity contribution in [3.8, 4) is 0 Å². The molecule has 0 atom stereocenters. The molecular formula is C15H36O4Si3. The first-order valence-electron chi connectivity index (χ1n) is 8.30. The summed E-state index contributed by atoms with van der Waals surface area (Å²) in [6.07, 6.45) is 1.62. The summed E-state index contributed by atoms with van der Waals surface area (Å²) in [6, 6.07) is 0.911. The third kappa shape index (κ3) is 10.7. The maximum Gasteiger partial charge on any atom is 0.311 e. The minimum Gasteiger partial charge on any atom is -0.465 e. The van der Waals surface area contributed by atoms with Gasteiger partial charge in [-0.3, -0.25) is 4.79 Å². The van der Waals surface area contributed by atoms with Gasteiger partial charge in [0.1, 0.15) is 0 Å². The molecule has 0 aromatic heterocycles. The van der Waals surface area contributed by atoms with Crippen LogP contribution in [0.15, 0.2) is 0 Å². The van der Waals surface area contributed by atoms with Gasteiger partial charge in [0.2, 0.25) is 0 Å². The number of hydrogen-bond acceptors (Lipinski definition) is 4. The quantitative estimate of drug-likeness (QED) is 0.330. The van der Waals surface area contributed by atoms with Crippen LogP contribution in [-0.4, -0.2) is 38.5 Å². The van der Waals surface area contributed by atoms with Gasteiger partial charge in [-0.15, -0.1) is 0 Å². The standard InChI is InChI=1S/C15H36O4Si3/c1-10-15(2,3)14(16)17-12-11-13-20(18-21(4,5)6)19-22(7,8)9/h20H,10-13H2,1-9H3. The minimum atomic E-state index is -1.66. The molecule has 0 N–H and O–H groups in total. The molecule has 0 bridgehead atoms. The van der Waals surface area contributed by atoms with Gasteiger partial charge in [0, 0.05) is 0 Å². The summed E-state index contributed by atoms with van der Waals surface area (Å²) < 4.78 is 17.9. The van der Waals surface area contributed by atoms with Crippen LogP contribution in [0.4, 0.5) is 0 Å². The normalized spacial score (nSPS) is 13.5. The fraction of sp³-hybridized carbons (Fsp3) is 0.933. The molecule has 7 heteroatoms. The average Bonchev–Trinajstić information content (AvgIpc) is 2.30. The van der Waals surface area contributed by atoms with E-state index in [1.54, 1.807) is 0 Å². The smallest absolute Gasteiger partial charge is 0.311 e. The number of carbonyl (C=O) groups excluding carboxylic acids is 1. The van der Waals surface area contributed by atoms with Crippen LogP contribution in [0.3, 0.4) is 0 Å². The van der Waals surface area contributed by atoms with E-state index in [0.29, 0.717) is 6.61 Å². The summed E-state index contributed by atoms with van der Waals surface area (Å²) in [5, 5.41) is 0. The van der Waals surface area contributed by atoms with Gasteiger partial charge in [0.15, 0.2) is 16.6 Å². The summed E-state index contributed by atoms with van der Waals surface area (Å²) in [7, 11) is -4.84. The Hall–Kier alpha value is 0.0406. The van der Waals surface area contributed by atoms with Crippen molar-refractivity contribution in [3.63, 3.8) is 0 Å². The number of esters is 1. The molecular weight excluding hydrogens is 328 g/mol. The second-order valence-electron chi connectivity index (χ2n) is 8.41. The van der Waals surface area contributed by atoms with Crippen LogP contribution >= 0.6 is 0 Å². The molecule has 0 aliphatic heterocycles. The first-order valence-corrected chi connectivity index (χ1v) is 16.9. The molecule has 0 amide bonds. The predicted molar refractivity (Wildman–Crippen MR) is 100 cm³/mol. The van der Waals surface area contributed by atoms with E-state index in [9.17, 15) is 4.79 Å². The van der Waals surface area contributed by atoms with Crippen LogP contribution in [-0.2, 0) is 17.8 Å². The largest absolute Gasteiger partial charge is 0.465 e. The minimum absolute atomic E-state index is 0.106. The molecule has 132 valence electrons. The number of hydrogen-bond donors (Lipinski definition) is 0. The van der Waals surface area contributed by atoms with E-state index in [4.69, 9.17) is 13.0 Å². The van der Waals surface area contributed by atoms with Gasteiger partial charge >= 0.3 is 15.3 Å². The lowest BCUT2D eigenvalue weighted by molar-refractivity contribution is -0.154. The third-order valence-corrected chi connectivity index (χ3v) is 11.9. The van der Waals surface area contributed by atoms with E-state index in [-0.39, 0.29) is 11.4 Å². The fourth-order valence-electron chi connectivity index (χ4n) is 1.69. The highest BCUT2D eigenvalue weighted by Gasteiger charge is 2.29. The second-order valence-corrected chi connectivity index (χ2v) is 20.2. The van der Waals surface area contributed by atoms with Gasteiger partial charge in [-0.2, -0.15) is 0 Å². The maximum atomic E-state index is 11.9. The predicted octanol–water partition coefficient (Wildman–Crippen LogP) is 4.28. The summed E-state index contributed by atoms with van der Waals surface area (Å²) in [6.45, 7) is 19.5. The van der Waals surface area contributed by atoms with Crippen molar-refractivity contribution in [1.29, 1.82) is 0 Å². The average molecular weight is 365 g/mol. The van der Waals surface area contributed by atoms with Crippen molar-refractivity contribution in [1.82, 2.24) is 0 Å². The zero-order chi connectivity index (χ0) is 17.6. The Balaban J connectivity index is 4.32. The third-order valence-electron chi connectivity index (χ3n) is 3.22. The molecule has 0 aliphatic rings. The molecule has 0 saturated heterocycles. The van der Waals surface area contributed by atoms with Gasteiger partial charge in [-0.1, -0.05) is 6.92 Å². The highest BCUT2D eigenvalue weighted by molar-refractivity contribution is 6.81. The Bertz CT molecular complexity index is 330. The highest BCUT2D eigenvalue weighted by Crippen LogP contribution is 2.22. The first-order chi connectivity index (χ1) is 9.77. The zero-order valence-electron chi connectivity index (χ0n) is 16.0. The van der Waals surface area contributed by atoms with Crippen LogP contribution in [0.1, 0.15) is 33.6 Å². The van der Waals surface area contributed by atoms with Crippen molar-refractivity contribution in [2.75, 3.05) is 6.61 Å². The number of rotatable bonds is 10. The summed E-state index contributed by atoms with van der Waals surface area (Å²) >= 11 is 0. The van der Waals surface area contributed by atoms with Crippen molar-refractivity contribution >= 4 is 31.9 Å². The Morgan fingerprint density at radius 3 is 1.82 bits per heavy atom. The molecule has 0 aliphatic carbocycles. The zero-order valence-corrected chi connectivity index (χ0v) is 19.2. The molecule has 4 nitrogen and oxygen atoms in total. The molecule has 0 rings (SSSR count). The van der Waals surface area contributed by atoms with E-state index < -0.39 is 25.9 Å². The monoisotopic (exact) mass is 364 g/mol. The molecule has 0 aromatic rings. The first kappa shape index (κ1) is 22.0. The molecule has 0 fully saturated rings. The van der Waals surface area contributed by atoms with Crippen LogP contribution in [0.5, 0.6) is 0 Å². The Morgan fingerprint density at radius 1 is 1.00 bits per heavy atom. The van der Waals surface area contributed by atoms with E-state index >= 15 is 0 Å². The maximum absolute atomic E-state index is 11.9. The SMILES string of the molecule is CCC(C)(C)C(=O)OCCC[SiH](O[Si](C)(C)C)O[Si](C)(C)C. The lowest BCUT2D eigenvalue weighted by Crippen LogP contribution is -2.43. The molecule has 0 radical (unpaired) electrons. The number of carbonyl (C=O) groups is 1. The molecule has 0 saturated carbocycles. The van der Waals surface area contributed by atoms with Crippen molar-refractivity contribution in [2.24, 2.45) is 5.41 Å².